The molecule has 0 amide bonds. The predicted molar refractivity (Wildman–Crippen MR) is 73.2 cm³/mol. The van der Waals surface area contributed by atoms with Crippen LogP contribution < -0.4 is 5.32 Å². The summed E-state index contributed by atoms with van der Waals surface area (Å²) in [5.74, 6) is 0.638. The fourth-order valence-electron chi connectivity index (χ4n) is 1.59. The van der Waals surface area contributed by atoms with Gasteiger partial charge in [0.25, 0.3) is 0 Å². The number of hydrogen-bond donors (Lipinski definition) is 2. The lowest BCUT2D eigenvalue weighted by Gasteiger charge is -2.26. The maximum absolute atomic E-state index is 9.80. The molecule has 0 saturated carbocycles. The van der Waals surface area contributed by atoms with Crippen molar-refractivity contribution in [3.63, 3.8) is 0 Å². The Morgan fingerprint density at radius 3 is 2.29 bits per heavy atom. The first-order valence-corrected chi connectivity index (χ1v) is 6.81. The van der Waals surface area contributed by atoms with Gasteiger partial charge < -0.3 is 15.2 Å². The number of aliphatic hydroxyl groups excluding tert-OH is 1. The second-order valence-corrected chi connectivity index (χ2v) is 6.05. The molecule has 0 aromatic carbocycles. The Balaban J connectivity index is 3.69. The maximum Gasteiger partial charge on any atom is 0.0898 e. The highest BCUT2D eigenvalue weighted by molar-refractivity contribution is 4.76. The van der Waals surface area contributed by atoms with Gasteiger partial charge >= 0.3 is 0 Å². The highest BCUT2D eigenvalue weighted by atomic mass is 16.5. The molecule has 17 heavy (non-hydrogen) atoms. The van der Waals surface area contributed by atoms with Gasteiger partial charge in [-0.1, -0.05) is 20.8 Å². The van der Waals surface area contributed by atoms with Crippen LogP contribution in [0.3, 0.4) is 0 Å². The lowest BCUT2D eigenvalue weighted by Crippen LogP contribution is -2.44. The van der Waals surface area contributed by atoms with E-state index < -0.39 is 6.10 Å². The van der Waals surface area contributed by atoms with E-state index in [1.807, 2.05) is 0 Å². The molecule has 0 fully saturated rings. The quantitative estimate of drug-likeness (QED) is 0.656. The molecule has 0 aliphatic carbocycles. The van der Waals surface area contributed by atoms with E-state index in [4.69, 9.17) is 4.74 Å². The van der Waals surface area contributed by atoms with Crippen LogP contribution in [0, 0.1) is 5.92 Å². The first-order chi connectivity index (χ1) is 7.76. The van der Waals surface area contributed by atoms with E-state index in [9.17, 15) is 5.11 Å². The first kappa shape index (κ1) is 16.9. The van der Waals surface area contributed by atoms with Gasteiger partial charge in [-0.2, -0.15) is 0 Å². The first-order valence-electron chi connectivity index (χ1n) is 6.81. The summed E-state index contributed by atoms with van der Waals surface area (Å²) in [5.41, 5.74) is 0.0878. The molecule has 3 nitrogen and oxygen atoms in total. The van der Waals surface area contributed by atoms with Crippen LogP contribution in [0.25, 0.3) is 0 Å². The molecule has 0 spiro atoms. The fourth-order valence-corrected chi connectivity index (χ4v) is 1.59. The Hall–Kier alpha value is -0.120. The number of nitrogens with one attached hydrogen (secondary N) is 1. The SMILES string of the molecule is CCC(C)(C)NCC(O)COC(C)CC(C)C. The monoisotopic (exact) mass is 245 g/mol. The van der Waals surface area contributed by atoms with Crippen molar-refractivity contribution in [1.82, 2.24) is 5.32 Å². The number of hydrogen-bond acceptors (Lipinski definition) is 3. The molecule has 2 unspecified atom stereocenters. The summed E-state index contributed by atoms with van der Waals surface area (Å²) in [5, 5.41) is 13.1. The van der Waals surface area contributed by atoms with E-state index in [0.29, 0.717) is 19.1 Å². The molecule has 2 atom stereocenters. The molecule has 0 heterocycles. The van der Waals surface area contributed by atoms with Crippen molar-refractivity contribution in [1.29, 1.82) is 0 Å². The molecule has 104 valence electrons. The number of aliphatic hydroxyl groups is 1. The minimum atomic E-state index is -0.421. The zero-order valence-electron chi connectivity index (χ0n) is 12.4. The average molecular weight is 245 g/mol. The van der Waals surface area contributed by atoms with Crippen molar-refractivity contribution >= 4 is 0 Å². The molecular weight excluding hydrogens is 214 g/mol. The summed E-state index contributed by atoms with van der Waals surface area (Å²) >= 11 is 0. The zero-order chi connectivity index (χ0) is 13.5. The lowest BCUT2D eigenvalue weighted by molar-refractivity contribution is -0.0105. The summed E-state index contributed by atoms with van der Waals surface area (Å²) in [6, 6.07) is 0. The van der Waals surface area contributed by atoms with Gasteiger partial charge in [-0.15, -0.1) is 0 Å². The molecule has 3 heteroatoms. The van der Waals surface area contributed by atoms with E-state index in [1.54, 1.807) is 0 Å². The standard InChI is InChI=1S/C14H31NO2/c1-7-14(5,6)15-9-13(16)10-17-12(4)8-11(2)3/h11-13,15-16H,7-10H2,1-6H3. The van der Waals surface area contributed by atoms with E-state index in [-0.39, 0.29) is 11.6 Å². The van der Waals surface area contributed by atoms with Crippen molar-refractivity contribution in [2.75, 3.05) is 13.2 Å². The van der Waals surface area contributed by atoms with Crippen molar-refractivity contribution in [2.24, 2.45) is 5.92 Å². The molecule has 0 rings (SSSR count). The van der Waals surface area contributed by atoms with Crippen molar-refractivity contribution in [3.05, 3.63) is 0 Å². The van der Waals surface area contributed by atoms with Gasteiger partial charge in [0.05, 0.1) is 18.8 Å². The van der Waals surface area contributed by atoms with Crippen LogP contribution >= 0.6 is 0 Å². The Bertz CT molecular complexity index is 193. The second kappa shape index (κ2) is 8.06. The van der Waals surface area contributed by atoms with Crippen molar-refractivity contribution in [2.45, 2.75) is 72.1 Å². The van der Waals surface area contributed by atoms with E-state index >= 15 is 0 Å². The second-order valence-electron chi connectivity index (χ2n) is 6.05. The van der Waals surface area contributed by atoms with Gasteiger partial charge in [-0.25, -0.2) is 0 Å². The summed E-state index contributed by atoms with van der Waals surface area (Å²) in [4.78, 5) is 0. The van der Waals surface area contributed by atoms with Crippen LogP contribution in [0.2, 0.25) is 0 Å². The highest BCUT2D eigenvalue weighted by Gasteiger charge is 2.16. The molecule has 0 bridgehead atoms. The van der Waals surface area contributed by atoms with Crippen LogP contribution in [0.4, 0.5) is 0 Å². The van der Waals surface area contributed by atoms with Gasteiger partial charge in [0.2, 0.25) is 0 Å². The number of ether oxygens (including phenoxy) is 1. The third-order valence-electron chi connectivity index (χ3n) is 3.08. The summed E-state index contributed by atoms with van der Waals surface area (Å²) in [6.07, 6.45) is 1.89. The Morgan fingerprint density at radius 1 is 1.24 bits per heavy atom. The summed E-state index contributed by atoms with van der Waals surface area (Å²) < 4.78 is 5.62. The third kappa shape index (κ3) is 9.57. The van der Waals surface area contributed by atoms with Gasteiger partial charge in [-0.05, 0) is 39.5 Å². The normalized spacial score (nSPS) is 16.2. The molecule has 0 aromatic rings. The average Bonchev–Trinajstić information content (AvgIpc) is 2.23. The molecule has 0 radical (unpaired) electrons. The fraction of sp³-hybridized carbons (Fsp3) is 1.00. The molecule has 0 saturated heterocycles. The van der Waals surface area contributed by atoms with Crippen LogP contribution in [0.15, 0.2) is 0 Å². The van der Waals surface area contributed by atoms with Gasteiger partial charge in [0, 0.05) is 12.1 Å². The largest absolute Gasteiger partial charge is 0.389 e. The van der Waals surface area contributed by atoms with E-state index in [0.717, 1.165) is 12.8 Å². The van der Waals surface area contributed by atoms with Gasteiger partial charge in [0.15, 0.2) is 0 Å². The van der Waals surface area contributed by atoms with Gasteiger partial charge in [-0.3, -0.25) is 0 Å². The van der Waals surface area contributed by atoms with Gasteiger partial charge in [0.1, 0.15) is 0 Å². The number of rotatable bonds is 9. The predicted octanol–water partition coefficient (Wildman–Crippen LogP) is 2.58. The van der Waals surface area contributed by atoms with Crippen LogP contribution in [-0.4, -0.2) is 36.0 Å². The van der Waals surface area contributed by atoms with Crippen LogP contribution in [-0.2, 0) is 4.74 Å². The lowest BCUT2D eigenvalue weighted by atomic mass is 10.0. The summed E-state index contributed by atoms with van der Waals surface area (Å²) in [7, 11) is 0. The van der Waals surface area contributed by atoms with Crippen molar-refractivity contribution < 1.29 is 9.84 Å². The topological polar surface area (TPSA) is 41.5 Å². The minimum absolute atomic E-state index is 0.0878. The molecule has 0 aromatic heterocycles. The third-order valence-corrected chi connectivity index (χ3v) is 3.08. The molecule has 0 aliphatic heterocycles. The van der Waals surface area contributed by atoms with Crippen molar-refractivity contribution in [3.8, 4) is 0 Å². The van der Waals surface area contributed by atoms with Crippen LogP contribution in [0.5, 0.6) is 0 Å². The van der Waals surface area contributed by atoms with E-state index in [1.165, 1.54) is 0 Å². The zero-order valence-corrected chi connectivity index (χ0v) is 12.4. The Labute approximate surface area is 107 Å². The molecule has 2 N–H and O–H groups in total. The highest BCUT2D eigenvalue weighted by Crippen LogP contribution is 2.09. The smallest absolute Gasteiger partial charge is 0.0898 e. The Morgan fingerprint density at radius 2 is 1.82 bits per heavy atom. The van der Waals surface area contributed by atoms with Crippen LogP contribution in [0.1, 0.15) is 54.4 Å². The molecule has 0 aliphatic rings. The minimum Gasteiger partial charge on any atom is -0.389 e. The maximum atomic E-state index is 9.80. The molecular formula is C14H31NO2. The Kier molecular flexibility index (Phi) is 8.01. The number of β-amino-alcohol motifs (C(OH)–C–C–N with tert-alkyl or cyclic N) is 1. The summed E-state index contributed by atoms with van der Waals surface area (Å²) in [6.45, 7) is 13.9. The van der Waals surface area contributed by atoms with E-state index in [2.05, 4.69) is 46.9 Å².